The van der Waals surface area contributed by atoms with Crippen molar-refractivity contribution in [2.75, 3.05) is 0 Å². The molecular weight excluding hydrogens is 216 g/mol. The Morgan fingerprint density at radius 3 is 3.00 bits per heavy atom. The number of aryl methyl sites for hydroxylation is 2. The highest BCUT2D eigenvalue weighted by atomic mass is 16.1. The second kappa shape index (κ2) is 4.86. The van der Waals surface area contributed by atoms with Crippen LogP contribution in [0.4, 0.5) is 0 Å². The normalized spacial score (nSPS) is 10.5. The van der Waals surface area contributed by atoms with Crippen LogP contribution < -0.4 is 0 Å². The molecule has 0 fully saturated rings. The smallest absolute Gasteiger partial charge is 0.214 e. The summed E-state index contributed by atoms with van der Waals surface area (Å²) in [5, 5.41) is 7.70. The summed E-state index contributed by atoms with van der Waals surface area (Å²) >= 11 is 0. The van der Waals surface area contributed by atoms with E-state index in [0.29, 0.717) is 17.8 Å². The van der Waals surface area contributed by atoms with Crippen LogP contribution in [-0.4, -0.2) is 25.8 Å². The van der Waals surface area contributed by atoms with E-state index in [1.807, 2.05) is 13.8 Å². The maximum Gasteiger partial charge on any atom is 0.214 e. The third-order valence-electron chi connectivity index (χ3n) is 2.54. The van der Waals surface area contributed by atoms with E-state index in [0.717, 1.165) is 12.1 Å². The lowest BCUT2D eigenvalue weighted by Crippen LogP contribution is -2.12. The number of hydrogen-bond acceptors (Lipinski definition) is 4. The van der Waals surface area contributed by atoms with Gasteiger partial charge in [-0.1, -0.05) is 12.1 Å². The maximum absolute atomic E-state index is 12.3. The molecule has 0 aliphatic carbocycles. The van der Waals surface area contributed by atoms with Crippen molar-refractivity contribution in [1.29, 1.82) is 0 Å². The van der Waals surface area contributed by atoms with Gasteiger partial charge in [-0.25, -0.2) is 4.68 Å². The quantitative estimate of drug-likeness (QED) is 0.749. The van der Waals surface area contributed by atoms with E-state index in [1.165, 1.54) is 6.20 Å². The zero-order valence-electron chi connectivity index (χ0n) is 9.92. The molecule has 5 heteroatoms. The van der Waals surface area contributed by atoms with Crippen molar-refractivity contribution in [1.82, 2.24) is 20.0 Å². The zero-order chi connectivity index (χ0) is 12.3. The van der Waals surface area contributed by atoms with Crippen molar-refractivity contribution in [2.24, 2.45) is 0 Å². The fraction of sp³-hybridized carbons (Fsp3) is 0.333. The van der Waals surface area contributed by atoms with Crippen molar-refractivity contribution < 1.29 is 4.79 Å². The van der Waals surface area contributed by atoms with Crippen LogP contribution in [0.2, 0.25) is 0 Å². The van der Waals surface area contributed by atoms with E-state index in [-0.39, 0.29) is 5.78 Å². The molecule has 0 saturated heterocycles. The molecule has 0 radical (unpaired) electrons. The van der Waals surface area contributed by atoms with Crippen LogP contribution in [0.25, 0.3) is 0 Å². The zero-order valence-corrected chi connectivity index (χ0v) is 9.92. The first-order valence-corrected chi connectivity index (χ1v) is 5.59. The van der Waals surface area contributed by atoms with Crippen molar-refractivity contribution in [3.63, 3.8) is 0 Å². The molecule has 0 aliphatic rings. The highest BCUT2D eigenvalue weighted by molar-refractivity contribution is 6.08. The van der Waals surface area contributed by atoms with Gasteiger partial charge in [-0.2, -0.15) is 0 Å². The Morgan fingerprint density at radius 2 is 2.29 bits per heavy atom. The molecule has 0 aliphatic heterocycles. The van der Waals surface area contributed by atoms with Crippen LogP contribution in [0.3, 0.4) is 0 Å². The molecule has 0 bridgehead atoms. The molecule has 17 heavy (non-hydrogen) atoms. The molecule has 0 N–H and O–H groups in total. The van der Waals surface area contributed by atoms with Crippen molar-refractivity contribution in [3.05, 3.63) is 41.5 Å². The molecule has 0 atom stereocenters. The van der Waals surface area contributed by atoms with E-state index in [2.05, 4.69) is 15.3 Å². The largest absolute Gasteiger partial charge is 0.287 e. The van der Waals surface area contributed by atoms with Gasteiger partial charge in [0.2, 0.25) is 5.78 Å². The lowest BCUT2D eigenvalue weighted by atomic mass is 10.1. The third-order valence-corrected chi connectivity index (χ3v) is 2.54. The second-order valence-corrected chi connectivity index (χ2v) is 3.81. The van der Waals surface area contributed by atoms with E-state index >= 15 is 0 Å². The third kappa shape index (κ3) is 2.22. The average Bonchev–Trinajstić information content (AvgIpc) is 2.78. The number of ketones is 1. The first kappa shape index (κ1) is 11.4. The highest BCUT2D eigenvalue weighted by Gasteiger charge is 2.16. The molecule has 88 valence electrons. The number of carbonyl (C=O) groups excluding carboxylic acids is 1. The topological polar surface area (TPSA) is 60.7 Å². The Bertz CT molecular complexity index is 533. The van der Waals surface area contributed by atoms with Gasteiger partial charge in [-0.15, -0.1) is 5.10 Å². The minimum atomic E-state index is -0.0750. The molecule has 0 spiro atoms. The summed E-state index contributed by atoms with van der Waals surface area (Å²) in [5.41, 5.74) is 1.84. The molecule has 2 rings (SSSR count). The highest BCUT2D eigenvalue weighted by Crippen LogP contribution is 2.11. The fourth-order valence-electron chi connectivity index (χ4n) is 1.67. The predicted molar refractivity (Wildman–Crippen MR) is 62.7 cm³/mol. The summed E-state index contributed by atoms with van der Waals surface area (Å²) in [4.78, 5) is 16.4. The van der Waals surface area contributed by atoms with Gasteiger partial charge in [0, 0.05) is 24.0 Å². The van der Waals surface area contributed by atoms with Crippen LogP contribution >= 0.6 is 0 Å². The van der Waals surface area contributed by atoms with Gasteiger partial charge in [-0.05, 0) is 25.5 Å². The number of carbonyl (C=O) groups is 1. The Morgan fingerprint density at radius 1 is 1.47 bits per heavy atom. The fourth-order valence-corrected chi connectivity index (χ4v) is 1.67. The standard InChI is InChI=1S/C12H14N4O/c1-3-7-16-11(8-14-15-16)12(17)10-5-4-6-13-9(10)2/h4-6,8H,3,7H2,1-2H3. The van der Waals surface area contributed by atoms with Gasteiger partial charge in [-0.3, -0.25) is 9.78 Å². The maximum atomic E-state index is 12.3. The Hall–Kier alpha value is -2.04. The van der Waals surface area contributed by atoms with Crippen LogP contribution in [-0.2, 0) is 6.54 Å². The van der Waals surface area contributed by atoms with E-state index in [9.17, 15) is 4.79 Å². The van der Waals surface area contributed by atoms with Gasteiger partial charge >= 0.3 is 0 Å². The SMILES string of the molecule is CCCn1nncc1C(=O)c1cccnc1C. The molecule has 0 amide bonds. The number of pyridine rings is 1. The predicted octanol–water partition coefficient (Wildman–Crippen LogP) is 1.62. The molecule has 2 heterocycles. The summed E-state index contributed by atoms with van der Waals surface area (Å²) in [6.07, 6.45) is 4.09. The van der Waals surface area contributed by atoms with Gasteiger partial charge in [0.1, 0.15) is 5.69 Å². The van der Waals surface area contributed by atoms with Crippen LogP contribution in [0, 0.1) is 6.92 Å². The van der Waals surface area contributed by atoms with Crippen molar-refractivity contribution in [3.8, 4) is 0 Å². The van der Waals surface area contributed by atoms with E-state index in [4.69, 9.17) is 0 Å². The van der Waals surface area contributed by atoms with E-state index in [1.54, 1.807) is 23.0 Å². The Labute approximate surface area is 99.5 Å². The molecule has 0 unspecified atom stereocenters. The van der Waals surface area contributed by atoms with Crippen LogP contribution in [0.15, 0.2) is 24.5 Å². The summed E-state index contributed by atoms with van der Waals surface area (Å²) in [5.74, 6) is -0.0750. The molecule has 5 nitrogen and oxygen atoms in total. The van der Waals surface area contributed by atoms with Gasteiger partial charge in [0.15, 0.2) is 0 Å². The molecule has 2 aromatic heterocycles. The number of rotatable bonds is 4. The first-order valence-electron chi connectivity index (χ1n) is 5.59. The summed E-state index contributed by atoms with van der Waals surface area (Å²) in [6, 6.07) is 3.53. The van der Waals surface area contributed by atoms with Crippen LogP contribution in [0.1, 0.15) is 35.1 Å². The summed E-state index contributed by atoms with van der Waals surface area (Å²) in [6.45, 7) is 4.55. The summed E-state index contributed by atoms with van der Waals surface area (Å²) in [7, 11) is 0. The Kier molecular flexibility index (Phi) is 3.27. The molecular formula is C12H14N4O. The van der Waals surface area contributed by atoms with Gasteiger partial charge in [0.25, 0.3) is 0 Å². The second-order valence-electron chi connectivity index (χ2n) is 3.81. The van der Waals surface area contributed by atoms with Gasteiger partial charge in [0.05, 0.1) is 6.20 Å². The molecule has 2 aromatic rings. The number of aromatic nitrogens is 4. The molecule has 0 aromatic carbocycles. The minimum absolute atomic E-state index is 0.0750. The van der Waals surface area contributed by atoms with E-state index < -0.39 is 0 Å². The lowest BCUT2D eigenvalue weighted by molar-refractivity contribution is 0.102. The van der Waals surface area contributed by atoms with Crippen molar-refractivity contribution >= 4 is 5.78 Å². The lowest BCUT2D eigenvalue weighted by Gasteiger charge is -2.05. The minimum Gasteiger partial charge on any atom is -0.287 e. The average molecular weight is 230 g/mol. The van der Waals surface area contributed by atoms with Crippen LogP contribution in [0.5, 0.6) is 0 Å². The Balaban J connectivity index is 2.37. The van der Waals surface area contributed by atoms with Crippen molar-refractivity contribution in [2.45, 2.75) is 26.8 Å². The summed E-state index contributed by atoms with van der Waals surface area (Å²) < 4.78 is 1.63. The number of nitrogens with zero attached hydrogens (tertiary/aromatic N) is 4. The first-order chi connectivity index (χ1) is 8.24. The molecule has 0 saturated carbocycles. The monoisotopic (exact) mass is 230 g/mol. The van der Waals surface area contributed by atoms with Gasteiger partial charge < -0.3 is 0 Å². The number of hydrogen-bond donors (Lipinski definition) is 0.